The van der Waals surface area contributed by atoms with Crippen molar-refractivity contribution in [2.45, 2.75) is 25.4 Å². The second-order valence-electron chi connectivity index (χ2n) is 8.82. The number of carbonyl (C=O) groups is 1. The van der Waals surface area contributed by atoms with Crippen LogP contribution in [-0.2, 0) is 4.79 Å². The highest BCUT2D eigenvalue weighted by atomic mass is 35.5. The van der Waals surface area contributed by atoms with Gasteiger partial charge in [0.1, 0.15) is 17.6 Å². The number of nitrogens with one attached hydrogen (secondary N) is 2. The van der Waals surface area contributed by atoms with E-state index in [0.717, 1.165) is 22.5 Å². The molecule has 9 heteroatoms. The van der Waals surface area contributed by atoms with Gasteiger partial charge in [0.15, 0.2) is 5.11 Å². The van der Waals surface area contributed by atoms with Gasteiger partial charge in [-0.2, -0.15) is 0 Å². The summed E-state index contributed by atoms with van der Waals surface area (Å²) in [5, 5.41) is 7.82. The Hall–Kier alpha value is -3.39. The number of benzene rings is 2. The topological polar surface area (TPSA) is 70.4 Å². The van der Waals surface area contributed by atoms with Crippen LogP contribution in [0.15, 0.2) is 83.4 Å². The Kier molecular flexibility index (Phi) is 7.46. The Balaban J connectivity index is 1.40. The molecule has 1 saturated heterocycles. The second kappa shape index (κ2) is 10.9. The fourth-order valence-electron chi connectivity index (χ4n) is 4.44. The zero-order valence-electron chi connectivity index (χ0n) is 19.9. The zero-order chi connectivity index (χ0) is 25.9. The van der Waals surface area contributed by atoms with Gasteiger partial charge in [-0.1, -0.05) is 41.4 Å². The van der Waals surface area contributed by atoms with Crippen molar-refractivity contribution in [2.75, 3.05) is 11.9 Å². The number of rotatable bonds is 7. The van der Waals surface area contributed by atoms with Gasteiger partial charge in [-0.25, -0.2) is 0 Å². The third kappa shape index (κ3) is 5.64. The minimum Gasteiger partial charge on any atom is -0.459 e. The molecule has 6 nitrogen and oxygen atoms in total. The van der Waals surface area contributed by atoms with Gasteiger partial charge in [0, 0.05) is 30.4 Å². The number of anilines is 1. The molecule has 2 aromatic heterocycles. The fourth-order valence-corrected chi connectivity index (χ4v) is 5.07. The van der Waals surface area contributed by atoms with Crippen molar-refractivity contribution < 1.29 is 9.21 Å². The first-order chi connectivity index (χ1) is 17.9. The number of nitrogens with zero attached hydrogens (tertiary/aromatic N) is 2. The number of hydrogen-bond donors (Lipinski definition) is 2. The Morgan fingerprint density at radius 2 is 1.95 bits per heavy atom. The first-order valence-electron chi connectivity index (χ1n) is 11.8. The van der Waals surface area contributed by atoms with E-state index in [9.17, 15) is 4.79 Å². The lowest BCUT2D eigenvalue weighted by Gasteiger charge is -2.25. The molecule has 0 spiro atoms. The van der Waals surface area contributed by atoms with Gasteiger partial charge in [0.25, 0.3) is 0 Å². The van der Waals surface area contributed by atoms with E-state index in [1.807, 2.05) is 72.5 Å². The molecule has 188 valence electrons. The van der Waals surface area contributed by atoms with Crippen LogP contribution in [0.4, 0.5) is 5.69 Å². The van der Waals surface area contributed by atoms with Crippen molar-refractivity contribution in [3.05, 3.63) is 106 Å². The average molecular weight is 551 g/mol. The normalized spacial score (nSPS) is 17.1. The Labute approximate surface area is 230 Å². The quantitative estimate of drug-likeness (QED) is 0.242. The van der Waals surface area contributed by atoms with Gasteiger partial charge in [0.05, 0.1) is 21.8 Å². The molecule has 5 rings (SSSR count). The first kappa shape index (κ1) is 25.3. The SMILES string of the molecule is Cc1cccc(NC(=O)CCN2C(=S)N[C@H](c3ccccn3)[C@H]2c2ccc(-c3ccc(Cl)c(Cl)c3)o2)c1. The largest absolute Gasteiger partial charge is 0.459 e. The van der Waals surface area contributed by atoms with Gasteiger partial charge in [-0.15, -0.1) is 0 Å². The van der Waals surface area contributed by atoms with Crippen LogP contribution in [-0.4, -0.2) is 27.4 Å². The molecule has 0 saturated carbocycles. The summed E-state index contributed by atoms with van der Waals surface area (Å²) in [7, 11) is 0. The number of halogens is 2. The molecule has 1 aliphatic rings. The van der Waals surface area contributed by atoms with E-state index in [1.165, 1.54) is 0 Å². The molecule has 1 aliphatic heterocycles. The van der Waals surface area contributed by atoms with Gasteiger partial charge in [0.2, 0.25) is 5.91 Å². The number of thiocarbonyl (C=S) groups is 1. The highest BCUT2D eigenvalue weighted by Crippen LogP contribution is 2.41. The molecule has 0 aliphatic carbocycles. The minimum atomic E-state index is -0.300. The predicted octanol–water partition coefficient (Wildman–Crippen LogP) is 6.96. The molecule has 4 aromatic rings. The van der Waals surface area contributed by atoms with Crippen LogP contribution in [0.5, 0.6) is 0 Å². The van der Waals surface area contributed by atoms with Crippen molar-refractivity contribution in [3.63, 3.8) is 0 Å². The predicted molar refractivity (Wildman–Crippen MR) is 151 cm³/mol. The van der Waals surface area contributed by atoms with Crippen molar-refractivity contribution in [1.29, 1.82) is 0 Å². The van der Waals surface area contributed by atoms with Crippen LogP contribution < -0.4 is 10.6 Å². The second-order valence-corrected chi connectivity index (χ2v) is 10.0. The Morgan fingerprint density at radius 3 is 2.70 bits per heavy atom. The Morgan fingerprint density at radius 1 is 1.08 bits per heavy atom. The number of aryl methyl sites for hydroxylation is 1. The molecular weight excluding hydrogens is 527 g/mol. The van der Waals surface area contributed by atoms with E-state index < -0.39 is 0 Å². The average Bonchev–Trinajstić information content (AvgIpc) is 3.49. The van der Waals surface area contributed by atoms with Crippen LogP contribution in [0.1, 0.15) is 35.5 Å². The summed E-state index contributed by atoms with van der Waals surface area (Å²) >= 11 is 18.0. The van der Waals surface area contributed by atoms with Crippen molar-refractivity contribution in [3.8, 4) is 11.3 Å². The van der Waals surface area contributed by atoms with E-state index in [0.29, 0.717) is 33.2 Å². The molecule has 1 fully saturated rings. The maximum atomic E-state index is 12.8. The standard InChI is InChI=1S/C28H24Cl2N4O2S/c1-17-5-4-6-19(15-17)32-25(35)12-14-34-27(26(33-28(34)37)22-7-2-3-13-31-22)24-11-10-23(36-24)18-8-9-20(29)21(30)16-18/h2-11,13,15-16,26-27H,12,14H2,1H3,(H,32,35)(H,33,37)/t26-,27-/m1/s1. The number of carbonyl (C=O) groups excluding carboxylic acids is 1. The van der Waals surface area contributed by atoms with E-state index >= 15 is 0 Å². The maximum Gasteiger partial charge on any atom is 0.226 e. The molecule has 2 aromatic carbocycles. The van der Waals surface area contributed by atoms with E-state index in [4.69, 9.17) is 39.8 Å². The lowest BCUT2D eigenvalue weighted by molar-refractivity contribution is -0.116. The molecule has 37 heavy (non-hydrogen) atoms. The summed E-state index contributed by atoms with van der Waals surface area (Å²) in [5.74, 6) is 1.26. The Bertz CT molecular complexity index is 1440. The van der Waals surface area contributed by atoms with Gasteiger partial charge >= 0.3 is 0 Å². The van der Waals surface area contributed by atoms with E-state index in [1.54, 1.807) is 18.3 Å². The number of aromatic nitrogens is 1. The summed E-state index contributed by atoms with van der Waals surface area (Å²) in [6.45, 7) is 2.39. The third-order valence-corrected chi connectivity index (χ3v) is 7.29. The highest BCUT2D eigenvalue weighted by molar-refractivity contribution is 7.80. The number of furan rings is 1. The molecule has 2 N–H and O–H groups in total. The highest BCUT2D eigenvalue weighted by Gasteiger charge is 2.41. The molecule has 0 unspecified atom stereocenters. The van der Waals surface area contributed by atoms with Crippen LogP contribution in [0.25, 0.3) is 11.3 Å². The summed E-state index contributed by atoms with van der Waals surface area (Å²) in [6, 6.07) is 22.1. The van der Waals surface area contributed by atoms with Gasteiger partial charge < -0.3 is 20.0 Å². The van der Waals surface area contributed by atoms with Crippen molar-refractivity contribution in [1.82, 2.24) is 15.2 Å². The van der Waals surface area contributed by atoms with E-state index in [-0.39, 0.29) is 24.4 Å². The third-order valence-electron chi connectivity index (χ3n) is 6.20. The maximum absolute atomic E-state index is 12.8. The number of hydrogen-bond acceptors (Lipinski definition) is 4. The van der Waals surface area contributed by atoms with Crippen LogP contribution in [0, 0.1) is 6.92 Å². The summed E-state index contributed by atoms with van der Waals surface area (Å²) in [4.78, 5) is 19.3. The summed E-state index contributed by atoms with van der Waals surface area (Å²) in [6.07, 6.45) is 2.00. The lowest BCUT2D eigenvalue weighted by atomic mass is 10.0. The smallest absolute Gasteiger partial charge is 0.226 e. The first-order valence-corrected chi connectivity index (χ1v) is 13.0. The van der Waals surface area contributed by atoms with Crippen LogP contribution >= 0.6 is 35.4 Å². The van der Waals surface area contributed by atoms with Crippen molar-refractivity contribution in [2.24, 2.45) is 0 Å². The van der Waals surface area contributed by atoms with Crippen molar-refractivity contribution >= 4 is 52.1 Å². The summed E-state index contributed by atoms with van der Waals surface area (Å²) < 4.78 is 6.32. The van der Waals surface area contributed by atoms with Crippen LogP contribution in [0.2, 0.25) is 10.0 Å². The zero-order valence-corrected chi connectivity index (χ0v) is 22.3. The van der Waals surface area contributed by atoms with Crippen LogP contribution in [0.3, 0.4) is 0 Å². The van der Waals surface area contributed by atoms with Gasteiger partial charge in [-0.3, -0.25) is 9.78 Å². The lowest BCUT2D eigenvalue weighted by Crippen LogP contribution is -2.32. The molecule has 0 bridgehead atoms. The monoisotopic (exact) mass is 550 g/mol. The summed E-state index contributed by atoms with van der Waals surface area (Å²) in [5.41, 5.74) is 3.49. The number of pyridine rings is 1. The molecule has 2 atom stereocenters. The molecule has 1 amide bonds. The molecule has 0 radical (unpaired) electrons. The van der Waals surface area contributed by atoms with E-state index in [2.05, 4.69) is 15.6 Å². The molecular formula is C28H24Cl2N4O2S. The minimum absolute atomic E-state index is 0.0932. The number of amides is 1. The fraction of sp³-hybridized carbons (Fsp3) is 0.179. The molecule has 3 heterocycles. The van der Waals surface area contributed by atoms with Gasteiger partial charge in [-0.05, 0) is 79.3 Å².